The minimum Gasteiger partial charge on any atom is -0.312 e. The maximum Gasteiger partial charge on any atom is 0.0303 e. The summed E-state index contributed by atoms with van der Waals surface area (Å²) in [5.41, 5.74) is 0.301. The van der Waals surface area contributed by atoms with Crippen molar-refractivity contribution in [2.75, 3.05) is 19.6 Å². The van der Waals surface area contributed by atoms with Gasteiger partial charge in [0.2, 0.25) is 0 Å². The molecule has 1 rings (SSSR count). The molecule has 2 nitrogen and oxygen atoms in total. The number of nitrogens with zero attached hydrogens (tertiary/aromatic N) is 1. The summed E-state index contributed by atoms with van der Waals surface area (Å²) in [6.45, 7) is 13.0. The fourth-order valence-electron chi connectivity index (χ4n) is 2.35. The van der Waals surface area contributed by atoms with Crippen molar-refractivity contribution in [1.82, 2.24) is 10.2 Å². The zero-order valence-corrected chi connectivity index (χ0v) is 11.0. The molecule has 1 heterocycles. The summed E-state index contributed by atoms with van der Waals surface area (Å²) in [5, 5.41) is 3.63. The molecule has 0 aliphatic carbocycles. The first-order valence-corrected chi connectivity index (χ1v) is 6.57. The quantitative estimate of drug-likeness (QED) is 0.753. The average Bonchev–Trinajstić information content (AvgIpc) is 2.27. The molecule has 0 bridgehead atoms. The number of nitrogens with one attached hydrogen (secondary N) is 1. The van der Waals surface area contributed by atoms with Gasteiger partial charge in [-0.05, 0) is 59.7 Å². The van der Waals surface area contributed by atoms with Gasteiger partial charge in [-0.15, -0.1) is 0 Å². The van der Waals surface area contributed by atoms with Crippen molar-refractivity contribution in [3.8, 4) is 0 Å². The van der Waals surface area contributed by atoms with Crippen molar-refractivity contribution >= 4 is 0 Å². The van der Waals surface area contributed by atoms with Gasteiger partial charge in [0.1, 0.15) is 0 Å². The normalized spacial score (nSPS) is 21.6. The Labute approximate surface area is 95.4 Å². The molecule has 0 aromatic heterocycles. The summed E-state index contributed by atoms with van der Waals surface area (Å²) in [7, 11) is 0. The second-order valence-electron chi connectivity index (χ2n) is 5.38. The Bertz CT molecular complexity index is 171. The standard InChI is InChI=1S/C13H28N2/c1-5-9-14-12(2)13(3,4)15-10-7-6-8-11-15/h12,14H,5-11H2,1-4H3. The molecular weight excluding hydrogens is 184 g/mol. The van der Waals surface area contributed by atoms with Gasteiger partial charge in [-0.2, -0.15) is 0 Å². The lowest BCUT2D eigenvalue weighted by Crippen LogP contribution is -2.57. The van der Waals surface area contributed by atoms with E-state index >= 15 is 0 Å². The lowest BCUT2D eigenvalue weighted by atomic mass is 9.91. The SMILES string of the molecule is CCCNC(C)C(C)(C)N1CCCCC1. The van der Waals surface area contributed by atoms with Crippen molar-refractivity contribution < 1.29 is 0 Å². The molecule has 1 aliphatic heterocycles. The third-order valence-electron chi connectivity index (χ3n) is 3.93. The molecule has 0 aromatic rings. The summed E-state index contributed by atoms with van der Waals surface area (Å²) in [6.07, 6.45) is 5.40. The van der Waals surface area contributed by atoms with Crippen LogP contribution in [0.3, 0.4) is 0 Å². The molecule has 1 unspecified atom stereocenters. The minimum absolute atomic E-state index is 0.301. The van der Waals surface area contributed by atoms with Crippen LogP contribution in [0.15, 0.2) is 0 Å². The first-order chi connectivity index (χ1) is 7.09. The molecule has 1 fully saturated rings. The lowest BCUT2D eigenvalue weighted by Gasteiger charge is -2.45. The predicted molar refractivity (Wildman–Crippen MR) is 67.3 cm³/mol. The van der Waals surface area contributed by atoms with Gasteiger partial charge in [-0.3, -0.25) is 4.90 Å². The van der Waals surface area contributed by atoms with Crippen LogP contribution in [0.4, 0.5) is 0 Å². The Balaban J connectivity index is 2.46. The van der Waals surface area contributed by atoms with Gasteiger partial charge in [0, 0.05) is 11.6 Å². The van der Waals surface area contributed by atoms with E-state index in [1.54, 1.807) is 0 Å². The van der Waals surface area contributed by atoms with Gasteiger partial charge in [-0.1, -0.05) is 13.3 Å². The van der Waals surface area contributed by atoms with Crippen LogP contribution >= 0.6 is 0 Å². The lowest BCUT2D eigenvalue weighted by molar-refractivity contribution is 0.0667. The smallest absolute Gasteiger partial charge is 0.0303 e. The average molecular weight is 212 g/mol. The molecule has 0 saturated carbocycles. The van der Waals surface area contributed by atoms with E-state index in [9.17, 15) is 0 Å². The third kappa shape index (κ3) is 3.46. The zero-order valence-electron chi connectivity index (χ0n) is 11.0. The number of piperidine rings is 1. The van der Waals surface area contributed by atoms with Crippen LogP contribution in [-0.2, 0) is 0 Å². The second-order valence-corrected chi connectivity index (χ2v) is 5.38. The highest BCUT2D eigenvalue weighted by Gasteiger charge is 2.32. The largest absolute Gasteiger partial charge is 0.312 e. The van der Waals surface area contributed by atoms with Gasteiger partial charge >= 0.3 is 0 Å². The molecule has 15 heavy (non-hydrogen) atoms. The highest BCUT2D eigenvalue weighted by atomic mass is 15.2. The van der Waals surface area contributed by atoms with Crippen LogP contribution in [0, 0.1) is 0 Å². The molecule has 1 atom stereocenters. The molecule has 0 aromatic carbocycles. The molecular formula is C13H28N2. The Morgan fingerprint density at radius 1 is 1.20 bits per heavy atom. The van der Waals surface area contributed by atoms with E-state index in [2.05, 4.69) is 37.9 Å². The molecule has 0 amide bonds. The topological polar surface area (TPSA) is 15.3 Å². The first-order valence-electron chi connectivity index (χ1n) is 6.57. The third-order valence-corrected chi connectivity index (χ3v) is 3.93. The van der Waals surface area contributed by atoms with Crippen molar-refractivity contribution in [3.05, 3.63) is 0 Å². The van der Waals surface area contributed by atoms with Gasteiger partial charge < -0.3 is 5.32 Å². The minimum atomic E-state index is 0.301. The summed E-state index contributed by atoms with van der Waals surface area (Å²) >= 11 is 0. The predicted octanol–water partition coefficient (Wildman–Crippen LogP) is 2.64. The van der Waals surface area contributed by atoms with E-state index in [1.807, 2.05) is 0 Å². The molecule has 1 aliphatic rings. The van der Waals surface area contributed by atoms with E-state index in [-0.39, 0.29) is 0 Å². The van der Waals surface area contributed by atoms with Gasteiger partial charge in [0.25, 0.3) is 0 Å². The maximum absolute atomic E-state index is 3.63. The van der Waals surface area contributed by atoms with Crippen LogP contribution < -0.4 is 5.32 Å². The van der Waals surface area contributed by atoms with E-state index in [0.717, 1.165) is 6.54 Å². The summed E-state index contributed by atoms with van der Waals surface area (Å²) in [4.78, 5) is 2.66. The van der Waals surface area contributed by atoms with E-state index in [1.165, 1.54) is 38.8 Å². The van der Waals surface area contributed by atoms with Crippen LogP contribution in [-0.4, -0.2) is 36.1 Å². The van der Waals surface area contributed by atoms with Crippen LogP contribution in [0.5, 0.6) is 0 Å². The van der Waals surface area contributed by atoms with E-state index in [0.29, 0.717) is 11.6 Å². The zero-order chi connectivity index (χ0) is 11.3. The van der Waals surface area contributed by atoms with Crippen LogP contribution in [0.1, 0.15) is 53.4 Å². The number of likely N-dealkylation sites (tertiary alicyclic amines) is 1. The fraction of sp³-hybridized carbons (Fsp3) is 1.00. The van der Waals surface area contributed by atoms with E-state index in [4.69, 9.17) is 0 Å². The molecule has 0 spiro atoms. The summed E-state index contributed by atoms with van der Waals surface area (Å²) in [5.74, 6) is 0. The molecule has 1 saturated heterocycles. The highest BCUT2D eigenvalue weighted by Crippen LogP contribution is 2.23. The molecule has 2 heteroatoms. The molecule has 0 radical (unpaired) electrons. The van der Waals surface area contributed by atoms with Gasteiger partial charge in [0.05, 0.1) is 0 Å². The maximum atomic E-state index is 3.63. The van der Waals surface area contributed by atoms with Crippen LogP contribution in [0.2, 0.25) is 0 Å². The van der Waals surface area contributed by atoms with Crippen molar-refractivity contribution in [2.45, 2.75) is 65.0 Å². The summed E-state index contributed by atoms with van der Waals surface area (Å²) < 4.78 is 0. The first kappa shape index (κ1) is 13.0. The Hall–Kier alpha value is -0.0800. The Morgan fingerprint density at radius 3 is 2.33 bits per heavy atom. The summed E-state index contributed by atoms with van der Waals surface area (Å²) in [6, 6.07) is 0.579. The van der Waals surface area contributed by atoms with Gasteiger partial charge in [-0.25, -0.2) is 0 Å². The molecule has 1 N–H and O–H groups in total. The van der Waals surface area contributed by atoms with Crippen LogP contribution in [0.25, 0.3) is 0 Å². The number of rotatable bonds is 5. The molecule has 90 valence electrons. The fourth-order valence-corrected chi connectivity index (χ4v) is 2.35. The monoisotopic (exact) mass is 212 g/mol. The van der Waals surface area contributed by atoms with Gasteiger partial charge in [0.15, 0.2) is 0 Å². The van der Waals surface area contributed by atoms with Crippen molar-refractivity contribution in [1.29, 1.82) is 0 Å². The Morgan fingerprint density at radius 2 is 1.80 bits per heavy atom. The highest BCUT2D eigenvalue weighted by molar-refractivity contribution is 4.92. The second kappa shape index (κ2) is 5.86. The van der Waals surface area contributed by atoms with Crippen molar-refractivity contribution in [2.24, 2.45) is 0 Å². The number of hydrogen-bond acceptors (Lipinski definition) is 2. The van der Waals surface area contributed by atoms with E-state index < -0.39 is 0 Å². The number of hydrogen-bond donors (Lipinski definition) is 1. The van der Waals surface area contributed by atoms with Crippen molar-refractivity contribution in [3.63, 3.8) is 0 Å². The Kier molecular flexibility index (Phi) is 5.07.